The van der Waals surface area contributed by atoms with E-state index in [1.54, 1.807) is 18.0 Å². The summed E-state index contributed by atoms with van der Waals surface area (Å²) in [6.07, 6.45) is 2.28. The molecule has 0 fully saturated rings. The lowest BCUT2D eigenvalue weighted by molar-refractivity contribution is 0.248. The lowest BCUT2D eigenvalue weighted by atomic mass is 10.2. The highest BCUT2D eigenvalue weighted by Crippen LogP contribution is 2.08. The van der Waals surface area contributed by atoms with Crippen molar-refractivity contribution in [3.8, 4) is 0 Å². The molecule has 1 atom stereocenters. The Morgan fingerprint density at radius 3 is 2.95 bits per heavy atom. The van der Waals surface area contributed by atoms with Gasteiger partial charge in [-0.15, -0.1) is 0 Å². The van der Waals surface area contributed by atoms with E-state index in [-0.39, 0.29) is 12.1 Å². The first-order valence-electron chi connectivity index (χ1n) is 6.15. The topological polar surface area (TPSA) is 72.1 Å². The average molecular weight is 262 g/mol. The van der Waals surface area contributed by atoms with E-state index in [9.17, 15) is 4.79 Å². The molecule has 2 aromatic rings. The third-order valence-corrected chi connectivity index (χ3v) is 2.71. The molecule has 0 aliphatic carbocycles. The van der Waals surface area contributed by atoms with Gasteiger partial charge in [0.2, 0.25) is 0 Å². The number of aromatic nitrogens is 2. The number of rotatable bonds is 4. The number of anilines is 1. The van der Waals surface area contributed by atoms with Gasteiger partial charge in [0, 0.05) is 25.6 Å². The van der Waals surface area contributed by atoms with E-state index >= 15 is 0 Å². The number of hydrogen-bond acceptors (Lipinski definition) is 3. The Morgan fingerprint density at radius 1 is 1.58 bits per heavy atom. The third-order valence-electron chi connectivity index (χ3n) is 2.71. The van der Waals surface area contributed by atoms with Crippen LogP contribution in [0.15, 0.2) is 28.9 Å². The van der Waals surface area contributed by atoms with Gasteiger partial charge in [-0.1, -0.05) is 0 Å². The smallest absolute Gasteiger partial charge is 0.320 e. The number of nitrogens with zero attached hydrogens (tertiary/aromatic N) is 2. The Hall–Kier alpha value is -2.24. The van der Waals surface area contributed by atoms with Crippen molar-refractivity contribution in [2.75, 3.05) is 5.32 Å². The van der Waals surface area contributed by atoms with Gasteiger partial charge in [-0.05, 0) is 26.0 Å². The molecular formula is C13H18N4O2. The zero-order valence-corrected chi connectivity index (χ0v) is 11.3. The van der Waals surface area contributed by atoms with Crippen LogP contribution in [0.5, 0.6) is 0 Å². The second-order valence-corrected chi connectivity index (χ2v) is 4.58. The molecule has 0 saturated carbocycles. The van der Waals surface area contributed by atoms with E-state index in [4.69, 9.17) is 4.42 Å². The molecule has 0 aromatic carbocycles. The molecule has 0 spiro atoms. The van der Waals surface area contributed by atoms with Gasteiger partial charge in [-0.3, -0.25) is 10.00 Å². The summed E-state index contributed by atoms with van der Waals surface area (Å²) < 4.78 is 6.87. The summed E-state index contributed by atoms with van der Waals surface area (Å²) in [6, 6.07) is 5.28. The van der Waals surface area contributed by atoms with E-state index in [1.165, 1.54) is 0 Å². The predicted molar refractivity (Wildman–Crippen MR) is 72.0 cm³/mol. The summed E-state index contributed by atoms with van der Waals surface area (Å²) in [6.45, 7) is 3.80. The predicted octanol–water partition coefficient (Wildman–Crippen LogP) is 2.07. The number of aryl methyl sites for hydroxylation is 2. The van der Waals surface area contributed by atoms with Crippen LogP contribution in [0.25, 0.3) is 0 Å². The zero-order chi connectivity index (χ0) is 13.8. The molecule has 102 valence electrons. The fraction of sp³-hybridized carbons (Fsp3) is 0.385. The van der Waals surface area contributed by atoms with Crippen LogP contribution in [0.3, 0.4) is 0 Å². The number of furan rings is 1. The summed E-state index contributed by atoms with van der Waals surface area (Å²) in [4.78, 5) is 11.8. The molecule has 6 heteroatoms. The average Bonchev–Trinajstić information content (AvgIpc) is 2.89. The van der Waals surface area contributed by atoms with Gasteiger partial charge in [0.15, 0.2) is 0 Å². The fourth-order valence-electron chi connectivity index (χ4n) is 1.89. The zero-order valence-electron chi connectivity index (χ0n) is 11.3. The van der Waals surface area contributed by atoms with Crippen molar-refractivity contribution in [2.45, 2.75) is 26.3 Å². The molecule has 0 aliphatic rings. The molecule has 0 saturated heterocycles. The Labute approximate surface area is 111 Å². The highest BCUT2D eigenvalue weighted by Gasteiger charge is 2.11. The van der Waals surface area contributed by atoms with Crippen LogP contribution in [0.4, 0.5) is 10.6 Å². The Bertz CT molecular complexity index is 545. The minimum Gasteiger partial charge on any atom is -0.469 e. The molecule has 0 unspecified atom stereocenters. The summed E-state index contributed by atoms with van der Waals surface area (Å²) >= 11 is 0. The normalized spacial score (nSPS) is 12.2. The van der Waals surface area contributed by atoms with Crippen LogP contribution in [0, 0.1) is 6.92 Å². The Morgan fingerprint density at radius 2 is 2.37 bits per heavy atom. The van der Waals surface area contributed by atoms with Crippen molar-refractivity contribution in [1.29, 1.82) is 0 Å². The lowest BCUT2D eigenvalue weighted by Crippen LogP contribution is -2.37. The maximum atomic E-state index is 11.8. The number of carbonyl (C=O) groups is 1. The van der Waals surface area contributed by atoms with Crippen LogP contribution in [0.1, 0.15) is 18.4 Å². The van der Waals surface area contributed by atoms with Crippen LogP contribution >= 0.6 is 0 Å². The molecule has 19 heavy (non-hydrogen) atoms. The molecule has 0 aliphatic heterocycles. The van der Waals surface area contributed by atoms with Gasteiger partial charge >= 0.3 is 6.03 Å². The standard InChI is InChI=1S/C13H18N4O2/c1-9(7-11-5-4-6-19-11)14-13(18)15-12-8-10(2)16-17(12)3/h4-6,8-9H,7H2,1-3H3,(H2,14,15,18)/t9-/m1/s1. The quantitative estimate of drug-likeness (QED) is 0.886. The minimum atomic E-state index is -0.248. The number of urea groups is 1. The number of nitrogens with one attached hydrogen (secondary N) is 2. The van der Waals surface area contributed by atoms with Crippen LogP contribution in [0.2, 0.25) is 0 Å². The van der Waals surface area contributed by atoms with Crippen molar-refractivity contribution in [3.05, 3.63) is 35.9 Å². The molecule has 2 amide bonds. The third kappa shape index (κ3) is 3.61. The van der Waals surface area contributed by atoms with Crippen LogP contribution in [-0.2, 0) is 13.5 Å². The van der Waals surface area contributed by atoms with Crippen LogP contribution in [-0.4, -0.2) is 21.9 Å². The molecule has 6 nitrogen and oxygen atoms in total. The number of amides is 2. The van der Waals surface area contributed by atoms with Gasteiger partial charge in [0.05, 0.1) is 12.0 Å². The van der Waals surface area contributed by atoms with Crippen molar-refractivity contribution in [3.63, 3.8) is 0 Å². The summed E-state index contributed by atoms with van der Waals surface area (Å²) in [5.41, 5.74) is 0.862. The monoisotopic (exact) mass is 262 g/mol. The first kappa shape index (κ1) is 13.2. The number of hydrogen-bond donors (Lipinski definition) is 2. The van der Waals surface area contributed by atoms with Gasteiger partial charge in [0.1, 0.15) is 11.6 Å². The minimum absolute atomic E-state index is 0.0134. The SMILES string of the molecule is Cc1cc(NC(=O)N[C@H](C)Cc2ccco2)n(C)n1. The van der Waals surface area contributed by atoms with E-state index < -0.39 is 0 Å². The highest BCUT2D eigenvalue weighted by atomic mass is 16.3. The number of carbonyl (C=O) groups excluding carboxylic acids is 1. The molecule has 0 radical (unpaired) electrons. The summed E-state index contributed by atoms with van der Waals surface area (Å²) in [5.74, 6) is 1.52. The van der Waals surface area contributed by atoms with Crippen molar-refractivity contribution in [1.82, 2.24) is 15.1 Å². The second kappa shape index (κ2) is 5.60. The molecule has 2 N–H and O–H groups in total. The van der Waals surface area contributed by atoms with Gasteiger partial charge in [-0.2, -0.15) is 5.10 Å². The highest BCUT2D eigenvalue weighted by molar-refractivity contribution is 5.88. The Kier molecular flexibility index (Phi) is 3.89. The summed E-state index contributed by atoms with van der Waals surface area (Å²) in [5, 5.41) is 9.78. The van der Waals surface area contributed by atoms with Gasteiger partial charge < -0.3 is 9.73 Å². The maximum absolute atomic E-state index is 11.8. The van der Waals surface area contributed by atoms with Crippen molar-refractivity contribution < 1.29 is 9.21 Å². The first-order valence-corrected chi connectivity index (χ1v) is 6.15. The van der Waals surface area contributed by atoms with E-state index in [0.29, 0.717) is 12.2 Å². The largest absolute Gasteiger partial charge is 0.469 e. The Balaban J connectivity index is 1.85. The molecule has 0 bridgehead atoms. The lowest BCUT2D eigenvalue weighted by Gasteiger charge is -2.13. The van der Waals surface area contributed by atoms with Crippen molar-refractivity contribution >= 4 is 11.8 Å². The first-order chi connectivity index (χ1) is 9.04. The molecule has 2 aromatic heterocycles. The van der Waals surface area contributed by atoms with Crippen molar-refractivity contribution in [2.24, 2.45) is 7.05 Å². The fourth-order valence-corrected chi connectivity index (χ4v) is 1.89. The van der Waals surface area contributed by atoms with Gasteiger partial charge in [0.25, 0.3) is 0 Å². The van der Waals surface area contributed by atoms with Gasteiger partial charge in [-0.25, -0.2) is 4.79 Å². The van der Waals surface area contributed by atoms with E-state index in [2.05, 4.69) is 15.7 Å². The summed E-state index contributed by atoms with van der Waals surface area (Å²) in [7, 11) is 1.79. The molecule has 2 rings (SSSR count). The maximum Gasteiger partial charge on any atom is 0.320 e. The van der Waals surface area contributed by atoms with E-state index in [1.807, 2.05) is 32.0 Å². The van der Waals surface area contributed by atoms with Crippen LogP contribution < -0.4 is 10.6 Å². The molecular weight excluding hydrogens is 244 g/mol. The second-order valence-electron chi connectivity index (χ2n) is 4.58. The molecule has 2 heterocycles. The van der Waals surface area contributed by atoms with E-state index in [0.717, 1.165) is 11.5 Å².